The van der Waals surface area contributed by atoms with Crippen molar-refractivity contribution in [1.29, 1.82) is 0 Å². The van der Waals surface area contributed by atoms with E-state index >= 15 is 0 Å². The van der Waals surface area contributed by atoms with Gasteiger partial charge in [-0.1, -0.05) is 13.8 Å². The Bertz CT molecular complexity index is 155. The molecular weight excluding hydrogens is 189 g/mol. The van der Waals surface area contributed by atoms with E-state index in [0.717, 1.165) is 0 Å². The van der Waals surface area contributed by atoms with Crippen molar-refractivity contribution in [3.63, 3.8) is 0 Å². The lowest BCUT2D eigenvalue weighted by Crippen LogP contribution is -2.30. The van der Waals surface area contributed by atoms with Gasteiger partial charge in [-0.3, -0.25) is 0 Å². The zero-order chi connectivity index (χ0) is 9.90. The summed E-state index contributed by atoms with van der Waals surface area (Å²) in [5, 5.41) is 0. The quantitative estimate of drug-likeness (QED) is 0.715. The van der Waals surface area contributed by atoms with Gasteiger partial charge >= 0.3 is 8.60 Å². The van der Waals surface area contributed by atoms with Crippen LogP contribution in [-0.2, 0) is 13.6 Å². The molecule has 2 N–H and O–H groups in total. The predicted octanol–water partition coefficient (Wildman–Crippen LogP) is 1.65. The maximum Gasteiger partial charge on any atom is 0.333 e. The van der Waals surface area contributed by atoms with Gasteiger partial charge in [0.1, 0.15) is 0 Å². The maximum absolute atomic E-state index is 5.43. The first-order chi connectivity index (χ1) is 6.03. The highest BCUT2D eigenvalue weighted by molar-refractivity contribution is 7.41. The van der Waals surface area contributed by atoms with Gasteiger partial charge in [0.05, 0.1) is 19.3 Å². The largest absolute Gasteiger partial charge is 0.333 e. The van der Waals surface area contributed by atoms with Crippen LogP contribution in [0.15, 0.2) is 0 Å². The van der Waals surface area contributed by atoms with Gasteiger partial charge < -0.3 is 19.3 Å². The minimum Gasteiger partial charge on any atom is -0.328 e. The average molecular weight is 207 g/mol. The van der Waals surface area contributed by atoms with E-state index in [9.17, 15) is 0 Å². The van der Waals surface area contributed by atoms with E-state index in [2.05, 4.69) is 13.8 Å². The van der Waals surface area contributed by atoms with Crippen molar-refractivity contribution in [2.24, 2.45) is 11.1 Å². The highest BCUT2D eigenvalue weighted by Crippen LogP contribution is 2.47. The summed E-state index contributed by atoms with van der Waals surface area (Å²) in [5.74, 6) is 0. The Labute approximate surface area is 80.7 Å². The number of rotatable bonds is 3. The normalized spacial score (nSPS) is 25.8. The Morgan fingerprint density at radius 2 is 2.00 bits per heavy atom. The van der Waals surface area contributed by atoms with Crippen molar-refractivity contribution < 1.29 is 13.6 Å². The van der Waals surface area contributed by atoms with E-state index in [-0.39, 0.29) is 11.5 Å². The smallest absolute Gasteiger partial charge is 0.328 e. The van der Waals surface area contributed by atoms with Crippen LogP contribution < -0.4 is 5.73 Å². The molecular formula is C8H18NO3P. The molecule has 1 rings (SSSR count). The topological polar surface area (TPSA) is 53.7 Å². The average Bonchev–Trinajstić information content (AvgIpc) is 2.08. The minimum atomic E-state index is -1.16. The van der Waals surface area contributed by atoms with Crippen molar-refractivity contribution in [2.75, 3.05) is 19.8 Å². The molecule has 1 aliphatic heterocycles. The fourth-order valence-electron chi connectivity index (χ4n) is 0.785. The monoisotopic (exact) mass is 207 g/mol. The molecule has 0 spiro atoms. The molecule has 0 amide bonds. The van der Waals surface area contributed by atoms with E-state index in [4.69, 9.17) is 19.3 Å². The van der Waals surface area contributed by atoms with Gasteiger partial charge in [0, 0.05) is 12.0 Å². The molecule has 1 heterocycles. The van der Waals surface area contributed by atoms with Crippen LogP contribution in [0.25, 0.3) is 0 Å². The van der Waals surface area contributed by atoms with E-state index in [1.54, 1.807) is 0 Å². The molecule has 0 aromatic rings. The lowest BCUT2D eigenvalue weighted by molar-refractivity contribution is 0.0188. The van der Waals surface area contributed by atoms with Gasteiger partial charge in [0.15, 0.2) is 0 Å². The fraction of sp³-hybridized carbons (Fsp3) is 1.00. The van der Waals surface area contributed by atoms with Crippen molar-refractivity contribution in [3.05, 3.63) is 0 Å². The van der Waals surface area contributed by atoms with Crippen molar-refractivity contribution in [1.82, 2.24) is 0 Å². The molecule has 1 unspecified atom stereocenters. The Hall–Kier alpha value is 0.270. The molecule has 13 heavy (non-hydrogen) atoms. The summed E-state index contributed by atoms with van der Waals surface area (Å²) in [6.07, 6.45) is 0.00678. The third-order valence-corrected chi connectivity index (χ3v) is 2.93. The maximum atomic E-state index is 5.43. The third-order valence-electron chi connectivity index (χ3n) is 1.72. The van der Waals surface area contributed by atoms with Crippen molar-refractivity contribution in [2.45, 2.75) is 26.9 Å². The second kappa shape index (κ2) is 4.67. The van der Waals surface area contributed by atoms with Crippen LogP contribution in [0.1, 0.15) is 20.8 Å². The molecule has 1 aliphatic rings. The van der Waals surface area contributed by atoms with E-state index in [1.807, 2.05) is 6.92 Å². The number of hydrogen-bond acceptors (Lipinski definition) is 4. The minimum absolute atomic E-state index is 0.00678. The third kappa shape index (κ3) is 3.88. The van der Waals surface area contributed by atoms with Gasteiger partial charge in [0.2, 0.25) is 0 Å². The first-order valence-electron chi connectivity index (χ1n) is 4.46. The van der Waals surface area contributed by atoms with Crippen LogP contribution in [0.3, 0.4) is 0 Å². The van der Waals surface area contributed by atoms with Crippen LogP contribution in [0.5, 0.6) is 0 Å². The van der Waals surface area contributed by atoms with Gasteiger partial charge in [-0.05, 0) is 6.92 Å². The molecule has 78 valence electrons. The van der Waals surface area contributed by atoms with Crippen LogP contribution >= 0.6 is 8.60 Å². The van der Waals surface area contributed by atoms with Gasteiger partial charge in [-0.15, -0.1) is 0 Å². The summed E-state index contributed by atoms with van der Waals surface area (Å²) in [6.45, 7) is 7.99. The lowest BCUT2D eigenvalue weighted by Gasteiger charge is -2.33. The number of hydrogen-bond donors (Lipinski definition) is 1. The summed E-state index contributed by atoms with van der Waals surface area (Å²) >= 11 is 0. The molecule has 4 nitrogen and oxygen atoms in total. The second-order valence-corrected chi connectivity index (χ2v) is 5.26. The highest BCUT2D eigenvalue weighted by atomic mass is 31.2. The van der Waals surface area contributed by atoms with Crippen molar-refractivity contribution >= 4 is 8.60 Å². The molecule has 0 aliphatic carbocycles. The summed E-state index contributed by atoms with van der Waals surface area (Å²) in [5.41, 5.74) is 5.52. The first-order valence-corrected chi connectivity index (χ1v) is 5.56. The number of nitrogens with two attached hydrogens (primary N) is 1. The van der Waals surface area contributed by atoms with Gasteiger partial charge in [-0.25, -0.2) is 0 Å². The second-order valence-electron chi connectivity index (χ2n) is 4.09. The summed E-state index contributed by atoms with van der Waals surface area (Å²) in [6, 6.07) is 0. The molecule has 0 aromatic heterocycles. The van der Waals surface area contributed by atoms with Gasteiger partial charge in [0.25, 0.3) is 0 Å². The van der Waals surface area contributed by atoms with Crippen molar-refractivity contribution in [3.8, 4) is 0 Å². The van der Waals surface area contributed by atoms with Crippen LogP contribution in [0, 0.1) is 5.41 Å². The molecule has 0 saturated carbocycles. The molecule has 0 radical (unpaired) electrons. The van der Waals surface area contributed by atoms with Crippen LogP contribution in [0.2, 0.25) is 0 Å². The lowest BCUT2D eigenvalue weighted by atomic mass is 9.97. The highest BCUT2D eigenvalue weighted by Gasteiger charge is 2.30. The fourth-order valence-corrected chi connectivity index (χ4v) is 2.27. The molecule has 1 saturated heterocycles. The Balaban J connectivity index is 2.25. The van der Waals surface area contributed by atoms with Crippen LogP contribution in [-0.4, -0.2) is 25.9 Å². The standard InChI is InChI=1S/C8H18NO3P/c1-7(4-9)12-13-10-5-8(2,3)6-11-13/h7H,4-6,9H2,1-3H3. The van der Waals surface area contributed by atoms with E-state index < -0.39 is 8.60 Å². The molecule has 5 heteroatoms. The zero-order valence-electron chi connectivity index (χ0n) is 8.45. The Morgan fingerprint density at radius 3 is 2.46 bits per heavy atom. The molecule has 1 atom stereocenters. The van der Waals surface area contributed by atoms with Crippen LogP contribution in [0.4, 0.5) is 0 Å². The molecule has 1 fully saturated rings. The first kappa shape index (κ1) is 11.3. The summed E-state index contributed by atoms with van der Waals surface area (Å²) in [7, 11) is -1.16. The van der Waals surface area contributed by atoms with Gasteiger partial charge in [-0.2, -0.15) is 0 Å². The molecule has 0 bridgehead atoms. The SMILES string of the molecule is CC(CN)OP1OCC(C)(C)CO1. The Morgan fingerprint density at radius 1 is 1.46 bits per heavy atom. The van der Waals surface area contributed by atoms with E-state index in [1.165, 1.54) is 0 Å². The van der Waals surface area contributed by atoms with E-state index in [0.29, 0.717) is 19.8 Å². The Kier molecular flexibility index (Phi) is 4.07. The summed E-state index contributed by atoms with van der Waals surface area (Å²) in [4.78, 5) is 0. The zero-order valence-corrected chi connectivity index (χ0v) is 9.34. The molecule has 0 aromatic carbocycles. The summed E-state index contributed by atoms with van der Waals surface area (Å²) < 4.78 is 16.3. The predicted molar refractivity (Wildman–Crippen MR) is 52.2 cm³/mol.